The Balaban J connectivity index is 1.35. The molecule has 0 aliphatic heterocycles. The number of amides is 1. The molecular formula is C24H23N7O2S. The van der Waals surface area contributed by atoms with Gasteiger partial charge in [-0.2, -0.15) is 15.3 Å². The third kappa shape index (κ3) is 5.27. The number of thioether (sulfide) groups is 1. The molecule has 0 atom stereocenters. The first-order valence-corrected chi connectivity index (χ1v) is 11.7. The van der Waals surface area contributed by atoms with E-state index >= 15 is 0 Å². The number of nitriles is 1. The van der Waals surface area contributed by atoms with Crippen molar-refractivity contribution in [2.24, 2.45) is 0 Å². The summed E-state index contributed by atoms with van der Waals surface area (Å²) in [6.07, 6.45) is 1.13. The smallest absolute Gasteiger partial charge is 0.252 e. The molecular weight excluding hydrogens is 450 g/mol. The summed E-state index contributed by atoms with van der Waals surface area (Å²) in [7, 11) is 0. The minimum Gasteiger partial charge on any atom is -0.382 e. The summed E-state index contributed by atoms with van der Waals surface area (Å²) < 4.78 is 6.72. The first-order chi connectivity index (χ1) is 16.6. The molecule has 0 bridgehead atoms. The summed E-state index contributed by atoms with van der Waals surface area (Å²) in [4.78, 5) is 17.8. The van der Waals surface area contributed by atoms with Crippen LogP contribution in [0.4, 0.5) is 5.82 Å². The van der Waals surface area contributed by atoms with Crippen LogP contribution in [0.25, 0.3) is 5.69 Å². The van der Waals surface area contributed by atoms with E-state index in [9.17, 15) is 10.1 Å². The Labute approximate surface area is 201 Å². The molecule has 0 aliphatic carbocycles. The number of hydrogen-bond donors (Lipinski definition) is 2. The minimum absolute atomic E-state index is 0.167. The van der Waals surface area contributed by atoms with Crippen molar-refractivity contribution >= 4 is 23.5 Å². The van der Waals surface area contributed by atoms with Gasteiger partial charge in [0.1, 0.15) is 17.5 Å². The number of aromatic nitrogens is 4. The standard InChI is InChI=1S/C24H23N7O2S/c1-16-28-22(33-30-16)15-34-21-12-6-5-10-18(21)24(32)27-13-7-11-20-19(14-25)23(26)31(29-20)17-8-3-2-4-9-17/h2-6,8-10,12H,7,11,13,15,26H2,1H3,(H,27,32). The monoisotopic (exact) mass is 473 g/mol. The lowest BCUT2D eigenvalue weighted by Gasteiger charge is -2.09. The van der Waals surface area contributed by atoms with E-state index in [2.05, 4.69) is 26.6 Å². The van der Waals surface area contributed by atoms with Gasteiger partial charge in [0.05, 0.1) is 22.7 Å². The summed E-state index contributed by atoms with van der Waals surface area (Å²) in [6.45, 7) is 2.20. The largest absolute Gasteiger partial charge is 0.382 e. The number of nitrogen functional groups attached to an aromatic ring is 1. The van der Waals surface area contributed by atoms with Crippen LogP contribution in [-0.2, 0) is 12.2 Å². The number of nitrogens with one attached hydrogen (secondary N) is 1. The first kappa shape index (κ1) is 23.1. The molecule has 2 aromatic heterocycles. The molecule has 9 nitrogen and oxygen atoms in total. The summed E-state index contributed by atoms with van der Waals surface area (Å²) in [5.74, 6) is 1.72. The van der Waals surface area contributed by atoms with Gasteiger partial charge in [0.15, 0.2) is 5.82 Å². The zero-order valence-corrected chi connectivity index (χ0v) is 19.4. The van der Waals surface area contributed by atoms with Gasteiger partial charge in [-0.3, -0.25) is 4.79 Å². The lowest BCUT2D eigenvalue weighted by atomic mass is 10.1. The van der Waals surface area contributed by atoms with Crippen LogP contribution in [0.2, 0.25) is 0 Å². The highest BCUT2D eigenvalue weighted by molar-refractivity contribution is 7.98. The van der Waals surface area contributed by atoms with E-state index < -0.39 is 0 Å². The molecule has 0 spiro atoms. The quantitative estimate of drug-likeness (QED) is 0.278. The molecule has 0 saturated carbocycles. The van der Waals surface area contributed by atoms with Crippen molar-refractivity contribution in [1.82, 2.24) is 25.2 Å². The molecule has 2 aromatic carbocycles. The molecule has 0 aliphatic rings. The van der Waals surface area contributed by atoms with E-state index in [0.29, 0.717) is 59.5 Å². The average Bonchev–Trinajstić information content (AvgIpc) is 3.43. The third-order valence-corrected chi connectivity index (χ3v) is 6.09. The number of para-hydroxylation sites is 1. The summed E-state index contributed by atoms with van der Waals surface area (Å²) in [6, 6.07) is 19.0. The molecule has 4 rings (SSSR count). The number of carbonyl (C=O) groups is 1. The van der Waals surface area contributed by atoms with E-state index in [-0.39, 0.29) is 5.91 Å². The van der Waals surface area contributed by atoms with Gasteiger partial charge in [0, 0.05) is 11.4 Å². The zero-order valence-electron chi connectivity index (χ0n) is 18.6. The van der Waals surface area contributed by atoms with Crippen LogP contribution in [0, 0.1) is 18.3 Å². The number of carbonyl (C=O) groups excluding carboxylic acids is 1. The second-order valence-corrected chi connectivity index (χ2v) is 8.46. The van der Waals surface area contributed by atoms with Crippen LogP contribution in [-0.4, -0.2) is 32.4 Å². The highest BCUT2D eigenvalue weighted by atomic mass is 32.2. The molecule has 10 heteroatoms. The normalized spacial score (nSPS) is 10.7. The Bertz CT molecular complexity index is 1320. The van der Waals surface area contributed by atoms with Crippen molar-refractivity contribution in [2.75, 3.05) is 12.3 Å². The number of anilines is 1. The van der Waals surface area contributed by atoms with Crippen molar-refractivity contribution in [3.05, 3.63) is 83.1 Å². The van der Waals surface area contributed by atoms with Crippen LogP contribution in [0.1, 0.15) is 39.8 Å². The van der Waals surface area contributed by atoms with Crippen molar-refractivity contribution in [3.63, 3.8) is 0 Å². The summed E-state index contributed by atoms with van der Waals surface area (Å²) in [5, 5.41) is 20.8. The fourth-order valence-electron chi connectivity index (χ4n) is 3.41. The predicted octanol–water partition coefficient (Wildman–Crippen LogP) is 3.67. The van der Waals surface area contributed by atoms with Crippen molar-refractivity contribution in [3.8, 4) is 11.8 Å². The lowest BCUT2D eigenvalue weighted by molar-refractivity contribution is 0.0950. The summed E-state index contributed by atoms with van der Waals surface area (Å²) in [5.41, 5.74) is 8.51. The van der Waals surface area contributed by atoms with Crippen molar-refractivity contribution in [2.45, 2.75) is 30.4 Å². The average molecular weight is 474 g/mol. The molecule has 0 fully saturated rings. The van der Waals surface area contributed by atoms with Crippen molar-refractivity contribution < 1.29 is 9.32 Å². The van der Waals surface area contributed by atoms with E-state index in [0.717, 1.165) is 10.6 Å². The third-order valence-electron chi connectivity index (χ3n) is 5.03. The van der Waals surface area contributed by atoms with Crippen LogP contribution in [0.5, 0.6) is 0 Å². The molecule has 0 unspecified atom stereocenters. The number of nitrogens with two attached hydrogens (primary N) is 1. The van der Waals surface area contributed by atoms with E-state index in [4.69, 9.17) is 10.3 Å². The lowest BCUT2D eigenvalue weighted by Crippen LogP contribution is -2.25. The minimum atomic E-state index is -0.167. The van der Waals surface area contributed by atoms with Crippen LogP contribution < -0.4 is 11.1 Å². The second-order valence-electron chi connectivity index (χ2n) is 7.45. The zero-order chi connectivity index (χ0) is 23.9. The number of rotatable bonds is 9. The Morgan fingerprint density at radius 3 is 2.71 bits per heavy atom. The second kappa shape index (κ2) is 10.7. The molecule has 0 saturated heterocycles. The molecule has 3 N–H and O–H groups in total. The Hall–Kier alpha value is -4.10. The van der Waals surface area contributed by atoms with Crippen LogP contribution >= 0.6 is 11.8 Å². The molecule has 34 heavy (non-hydrogen) atoms. The van der Waals surface area contributed by atoms with Crippen LogP contribution in [0.3, 0.4) is 0 Å². The summed E-state index contributed by atoms with van der Waals surface area (Å²) >= 11 is 1.47. The van der Waals surface area contributed by atoms with Crippen molar-refractivity contribution in [1.29, 1.82) is 5.26 Å². The highest BCUT2D eigenvalue weighted by Gasteiger charge is 2.17. The molecule has 4 aromatic rings. The molecule has 172 valence electrons. The fourth-order valence-corrected chi connectivity index (χ4v) is 4.30. The number of hydrogen-bond acceptors (Lipinski definition) is 8. The van der Waals surface area contributed by atoms with Gasteiger partial charge in [-0.05, 0) is 44.0 Å². The maximum atomic E-state index is 12.8. The van der Waals surface area contributed by atoms with Gasteiger partial charge in [-0.15, -0.1) is 11.8 Å². The van der Waals surface area contributed by atoms with Gasteiger partial charge in [-0.25, -0.2) is 4.68 Å². The molecule has 2 heterocycles. The fraction of sp³-hybridized carbons (Fsp3) is 0.208. The Kier molecular flexibility index (Phi) is 7.25. The Morgan fingerprint density at radius 2 is 1.97 bits per heavy atom. The van der Waals surface area contributed by atoms with Gasteiger partial charge in [0.25, 0.3) is 5.91 Å². The van der Waals surface area contributed by atoms with Crippen LogP contribution in [0.15, 0.2) is 64.0 Å². The van der Waals surface area contributed by atoms with Gasteiger partial charge in [0.2, 0.25) is 5.89 Å². The van der Waals surface area contributed by atoms with Gasteiger partial charge in [-0.1, -0.05) is 35.5 Å². The maximum absolute atomic E-state index is 12.8. The molecule has 0 radical (unpaired) electrons. The van der Waals surface area contributed by atoms with E-state index in [1.54, 1.807) is 17.7 Å². The van der Waals surface area contributed by atoms with E-state index in [1.807, 2.05) is 48.5 Å². The Morgan fingerprint density at radius 1 is 1.21 bits per heavy atom. The highest BCUT2D eigenvalue weighted by Crippen LogP contribution is 2.26. The van der Waals surface area contributed by atoms with E-state index in [1.165, 1.54) is 11.8 Å². The SMILES string of the molecule is Cc1noc(CSc2ccccc2C(=O)NCCCc2nn(-c3ccccc3)c(N)c2C#N)n1. The predicted molar refractivity (Wildman–Crippen MR) is 128 cm³/mol. The number of aryl methyl sites for hydroxylation is 2. The van der Waals surface area contributed by atoms with Gasteiger partial charge >= 0.3 is 0 Å². The first-order valence-electron chi connectivity index (χ1n) is 10.7. The maximum Gasteiger partial charge on any atom is 0.252 e. The molecule has 1 amide bonds. The number of benzene rings is 2. The number of nitrogens with zero attached hydrogens (tertiary/aromatic N) is 5. The van der Waals surface area contributed by atoms with Gasteiger partial charge < -0.3 is 15.6 Å². The topological polar surface area (TPSA) is 136 Å².